The molecule has 0 saturated carbocycles. The highest BCUT2D eigenvalue weighted by molar-refractivity contribution is 7.09. The van der Waals surface area contributed by atoms with Crippen molar-refractivity contribution in [2.75, 3.05) is 31.7 Å². The van der Waals surface area contributed by atoms with Crippen LogP contribution in [0.25, 0.3) is 0 Å². The molecule has 0 bridgehead atoms. The van der Waals surface area contributed by atoms with Crippen LogP contribution in [0.3, 0.4) is 0 Å². The van der Waals surface area contributed by atoms with Crippen molar-refractivity contribution in [2.24, 2.45) is 0 Å². The monoisotopic (exact) mass is 362 g/mol. The van der Waals surface area contributed by atoms with Crippen LogP contribution in [-0.2, 0) is 16.1 Å². The molecule has 2 saturated heterocycles. The van der Waals surface area contributed by atoms with Gasteiger partial charge in [0.25, 0.3) is 0 Å². The first-order chi connectivity index (χ1) is 12.2. The summed E-state index contributed by atoms with van der Waals surface area (Å²) in [4.78, 5) is 15.0. The van der Waals surface area contributed by atoms with Crippen LogP contribution in [0, 0.1) is 6.92 Å². The summed E-state index contributed by atoms with van der Waals surface area (Å²) in [5, 5.41) is 3.15. The van der Waals surface area contributed by atoms with Gasteiger partial charge in [-0.2, -0.15) is 0 Å². The number of thiazole rings is 1. The molecule has 0 aliphatic carbocycles. The molecule has 1 atom stereocenters. The number of methoxy groups -OCH3 is 1. The zero-order valence-electron chi connectivity index (χ0n) is 14.5. The summed E-state index contributed by atoms with van der Waals surface area (Å²) in [6.07, 6.45) is 3.60. The second kappa shape index (κ2) is 6.86. The Kier molecular flexibility index (Phi) is 4.58. The number of aromatic nitrogens is 3. The van der Waals surface area contributed by atoms with Gasteiger partial charge in [-0.05, 0) is 13.3 Å². The van der Waals surface area contributed by atoms with E-state index in [2.05, 4.69) is 25.2 Å². The van der Waals surface area contributed by atoms with E-state index in [1.54, 1.807) is 18.4 Å². The highest BCUT2D eigenvalue weighted by Gasteiger charge is 2.48. The van der Waals surface area contributed by atoms with E-state index in [1.165, 1.54) is 6.33 Å². The lowest BCUT2D eigenvalue weighted by molar-refractivity contribution is -0.148. The van der Waals surface area contributed by atoms with Gasteiger partial charge in [-0.15, -0.1) is 11.3 Å². The van der Waals surface area contributed by atoms with Crippen molar-refractivity contribution >= 4 is 17.2 Å². The normalized spacial score (nSPS) is 22.0. The standard InChI is InChI=1S/C17H22N4O3S/c1-12-20-13(8-25-12)7-23-14-3-4-24-17(6-14)9-21(10-17)15-5-16(22-2)19-11-18-15/h5,8,11,14H,3-4,6-7,9-10H2,1-2H3/t14-/m0/s1. The van der Waals surface area contributed by atoms with Crippen LogP contribution < -0.4 is 9.64 Å². The van der Waals surface area contributed by atoms with E-state index in [9.17, 15) is 0 Å². The summed E-state index contributed by atoms with van der Waals surface area (Å²) in [5.41, 5.74) is 0.894. The first-order valence-corrected chi connectivity index (χ1v) is 9.31. The molecule has 2 aliphatic heterocycles. The Hall–Kier alpha value is -1.77. The van der Waals surface area contributed by atoms with Gasteiger partial charge in [0.15, 0.2) is 0 Å². The minimum Gasteiger partial charge on any atom is -0.481 e. The Morgan fingerprint density at radius 1 is 1.40 bits per heavy atom. The van der Waals surface area contributed by atoms with E-state index in [-0.39, 0.29) is 11.7 Å². The zero-order valence-corrected chi connectivity index (χ0v) is 15.3. The molecule has 0 N–H and O–H groups in total. The van der Waals surface area contributed by atoms with Gasteiger partial charge in [0.1, 0.15) is 17.7 Å². The van der Waals surface area contributed by atoms with Crippen LogP contribution in [0.15, 0.2) is 17.8 Å². The first-order valence-electron chi connectivity index (χ1n) is 8.43. The lowest BCUT2D eigenvalue weighted by Crippen LogP contribution is -2.66. The molecule has 1 spiro atoms. The average molecular weight is 362 g/mol. The summed E-state index contributed by atoms with van der Waals surface area (Å²) in [6, 6.07) is 1.86. The molecular formula is C17H22N4O3S. The molecular weight excluding hydrogens is 340 g/mol. The quantitative estimate of drug-likeness (QED) is 0.807. The molecule has 2 aromatic heterocycles. The third kappa shape index (κ3) is 3.61. The second-order valence-electron chi connectivity index (χ2n) is 6.59. The maximum Gasteiger partial charge on any atom is 0.218 e. The van der Waals surface area contributed by atoms with Gasteiger partial charge in [0, 0.05) is 24.5 Å². The van der Waals surface area contributed by atoms with Crippen molar-refractivity contribution in [3.05, 3.63) is 28.5 Å². The van der Waals surface area contributed by atoms with Gasteiger partial charge < -0.3 is 19.1 Å². The van der Waals surface area contributed by atoms with Gasteiger partial charge in [-0.3, -0.25) is 0 Å². The fourth-order valence-corrected chi connectivity index (χ4v) is 4.05. The van der Waals surface area contributed by atoms with E-state index in [1.807, 2.05) is 13.0 Å². The maximum atomic E-state index is 6.09. The molecule has 2 aliphatic rings. The number of anilines is 1. The smallest absolute Gasteiger partial charge is 0.218 e. The number of ether oxygens (including phenoxy) is 3. The lowest BCUT2D eigenvalue weighted by Gasteiger charge is -2.53. The minimum absolute atomic E-state index is 0.126. The van der Waals surface area contributed by atoms with Crippen LogP contribution in [-0.4, -0.2) is 53.5 Å². The molecule has 8 heteroatoms. The van der Waals surface area contributed by atoms with Crippen LogP contribution in [0.5, 0.6) is 5.88 Å². The Morgan fingerprint density at radius 2 is 2.28 bits per heavy atom. The number of hydrogen-bond acceptors (Lipinski definition) is 8. The Morgan fingerprint density at radius 3 is 3.04 bits per heavy atom. The summed E-state index contributed by atoms with van der Waals surface area (Å²) in [7, 11) is 1.61. The molecule has 7 nitrogen and oxygen atoms in total. The second-order valence-corrected chi connectivity index (χ2v) is 7.65. The van der Waals surface area contributed by atoms with Crippen molar-refractivity contribution in [1.29, 1.82) is 0 Å². The van der Waals surface area contributed by atoms with Crippen LogP contribution >= 0.6 is 11.3 Å². The fraction of sp³-hybridized carbons (Fsp3) is 0.588. The molecule has 0 unspecified atom stereocenters. The fourth-order valence-electron chi connectivity index (χ4n) is 3.45. The highest BCUT2D eigenvalue weighted by Crippen LogP contribution is 2.37. The third-order valence-electron chi connectivity index (χ3n) is 4.70. The summed E-state index contributed by atoms with van der Waals surface area (Å²) >= 11 is 1.66. The minimum atomic E-state index is -0.126. The summed E-state index contributed by atoms with van der Waals surface area (Å²) in [6.45, 7) is 4.98. The van der Waals surface area contributed by atoms with Gasteiger partial charge in [0.05, 0.1) is 43.6 Å². The Bertz CT molecular complexity index is 732. The van der Waals surface area contributed by atoms with Gasteiger partial charge in [0.2, 0.25) is 5.88 Å². The van der Waals surface area contributed by atoms with E-state index >= 15 is 0 Å². The molecule has 4 rings (SSSR count). The number of hydrogen-bond donors (Lipinski definition) is 0. The Labute approximate surface area is 151 Å². The SMILES string of the molecule is COc1cc(N2CC3(C[C@@H](OCc4csc(C)n4)CCO3)C2)ncn1. The topological polar surface area (TPSA) is 69.6 Å². The van der Waals surface area contributed by atoms with Crippen LogP contribution in [0.1, 0.15) is 23.5 Å². The van der Waals surface area contributed by atoms with E-state index in [0.29, 0.717) is 12.5 Å². The van der Waals surface area contributed by atoms with Gasteiger partial charge >= 0.3 is 0 Å². The number of rotatable bonds is 5. The largest absolute Gasteiger partial charge is 0.481 e. The Balaban J connectivity index is 1.32. The average Bonchev–Trinajstić information content (AvgIpc) is 3.03. The van der Waals surface area contributed by atoms with Crippen LogP contribution in [0.4, 0.5) is 5.82 Å². The van der Waals surface area contributed by atoms with E-state index in [0.717, 1.165) is 49.1 Å². The van der Waals surface area contributed by atoms with E-state index < -0.39 is 0 Å². The summed E-state index contributed by atoms with van der Waals surface area (Å²) in [5.74, 6) is 1.46. The summed E-state index contributed by atoms with van der Waals surface area (Å²) < 4.78 is 17.3. The molecule has 0 amide bonds. The highest BCUT2D eigenvalue weighted by atomic mass is 32.1. The van der Waals surface area contributed by atoms with Crippen molar-refractivity contribution in [1.82, 2.24) is 15.0 Å². The maximum absolute atomic E-state index is 6.09. The van der Waals surface area contributed by atoms with E-state index in [4.69, 9.17) is 14.2 Å². The molecule has 4 heterocycles. The lowest BCUT2D eigenvalue weighted by atomic mass is 9.84. The predicted molar refractivity (Wildman–Crippen MR) is 94.1 cm³/mol. The number of aryl methyl sites for hydroxylation is 1. The van der Waals surface area contributed by atoms with Crippen LogP contribution in [0.2, 0.25) is 0 Å². The molecule has 25 heavy (non-hydrogen) atoms. The van der Waals surface area contributed by atoms with Gasteiger partial charge in [-0.1, -0.05) is 0 Å². The molecule has 2 fully saturated rings. The number of nitrogens with zero attached hydrogens (tertiary/aromatic N) is 4. The molecule has 2 aromatic rings. The van der Waals surface area contributed by atoms with Crippen molar-refractivity contribution in [3.63, 3.8) is 0 Å². The van der Waals surface area contributed by atoms with Gasteiger partial charge in [-0.25, -0.2) is 15.0 Å². The zero-order chi connectivity index (χ0) is 17.3. The first kappa shape index (κ1) is 16.7. The third-order valence-corrected chi connectivity index (χ3v) is 5.52. The molecule has 134 valence electrons. The van der Waals surface area contributed by atoms with Crippen molar-refractivity contribution in [3.8, 4) is 5.88 Å². The molecule has 0 radical (unpaired) electrons. The predicted octanol–water partition coefficient (Wildman–Crippen LogP) is 2.20. The van der Waals surface area contributed by atoms with Crippen molar-refractivity contribution in [2.45, 2.75) is 38.1 Å². The molecule has 0 aromatic carbocycles. The van der Waals surface area contributed by atoms with Crippen molar-refractivity contribution < 1.29 is 14.2 Å².